The fourth-order valence-electron chi connectivity index (χ4n) is 2.96. The van der Waals surface area contributed by atoms with E-state index < -0.39 is 5.54 Å². The second kappa shape index (κ2) is 4.03. The Kier molecular flexibility index (Phi) is 2.56. The molecule has 1 aromatic carbocycles. The largest absolute Gasteiger partial charge is 0.497 e. The topological polar surface area (TPSA) is 76.8 Å². The molecule has 3 rings (SSSR count). The highest BCUT2D eigenvalue weighted by molar-refractivity contribution is 5.73. The van der Waals surface area contributed by atoms with Crippen molar-refractivity contribution in [2.75, 3.05) is 26.1 Å². The summed E-state index contributed by atoms with van der Waals surface area (Å²) in [6.07, 6.45) is 0.0755. The van der Waals surface area contributed by atoms with E-state index in [-0.39, 0.29) is 12.3 Å². The van der Waals surface area contributed by atoms with E-state index in [1.165, 1.54) is 7.11 Å². The molecule has 19 heavy (non-hydrogen) atoms. The lowest BCUT2D eigenvalue weighted by Gasteiger charge is -2.28. The van der Waals surface area contributed by atoms with Gasteiger partial charge in [0, 0.05) is 17.8 Å². The number of hydrogen-bond acceptors (Lipinski definition) is 5. The van der Waals surface area contributed by atoms with Crippen molar-refractivity contribution in [1.29, 1.82) is 0 Å². The molecule has 0 radical (unpaired) electrons. The standard InChI is InChI=1S/C13H17N3O3/c1-18-8-3-4-10-9(7-8)13(14)5-6-16(11(13)15-10)12(17)19-2/h3-4,7,11,15H,5-6,14H2,1-2H3/t11-,13+/m1/s1. The molecule has 0 saturated carbocycles. The third-order valence-electron chi connectivity index (χ3n) is 4.00. The molecule has 6 nitrogen and oxygen atoms in total. The van der Waals surface area contributed by atoms with Crippen molar-refractivity contribution in [1.82, 2.24) is 4.90 Å². The molecule has 0 aliphatic carbocycles. The molecule has 1 aromatic rings. The first-order valence-corrected chi connectivity index (χ1v) is 6.18. The predicted molar refractivity (Wildman–Crippen MR) is 70.0 cm³/mol. The maximum Gasteiger partial charge on any atom is 0.411 e. The van der Waals surface area contributed by atoms with Crippen LogP contribution in [-0.2, 0) is 10.3 Å². The Morgan fingerprint density at radius 3 is 3.00 bits per heavy atom. The third-order valence-corrected chi connectivity index (χ3v) is 4.00. The van der Waals surface area contributed by atoms with Crippen LogP contribution in [0.4, 0.5) is 10.5 Å². The van der Waals surface area contributed by atoms with Crippen molar-refractivity contribution in [3.8, 4) is 5.75 Å². The van der Waals surface area contributed by atoms with Crippen molar-refractivity contribution < 1.29 is 14.3 Å². The summed E-state index contributed by atoms with van der Waals surface area (Å²) < 4.78 is 10.0. The van der Waals surface area contributed by atoms with Gasteiger partial charge >= 0.3 is 6.09 Å². The number of likely N-dealkylation sites (tertiary alicyclic amines) is 1. The molecule has 0 bridgehead atoms. The first kappa shape index (κ1) is 12.1. The fraction of sp³-hybridized carbons (Fsp3) is 0.462. The predicted octanol–water partition coefficient (Wildman–Crippen LogP) is 1.07. The number of benzene rings is 1. The Bertz CT molecular complexity index is 534. The highest BCUT2D eigenvalue weighted by Gasteiger charge is 2.53. The number of methoxy groups -OCH3 is 2. The van der Waals surface area contributed by atoms with Crippen molar-refractivity contribution >= 4 is 11.8 Å². The molecule has 2 atom stereocenters. The summed E-state index contributed by atoms with van der Waals surface area (Å²) in [5.74, 6) is 0.766. The van der Waals surface area contributed by atoms with Crippen LogP contribution in [0.1, 0.15) is 12.0 Å². The van der Waals surface area contributed by atoms with Gasteiger partial charge in [0.05, 0.1) is 19.8 Å². The zero-order valence-electron chi connectivity index (χ0n) is 11.0. The summed E-state index contributed by atoms with van der Waals surface area (Å²) >= 11 is 0. The van der Waals surface area contributed by atoms with Crippen LogP contribution in [0.5, 0.6) is 5.75 Å². The molecule has 2 aliphatic rings. The summed E-state index contributed by atoms with van der Waals surface area (Å²) in [4.78, 5) is 13.4. The Hall–Kier alpha value is -1.95. The minimum absolute atomic E-state index is 0.262. The summed E-state index contributed by atoms with van der Waals surface area (Å²) in [5.41, 5.74) is 7.87. The van der Waals surface area contributed by atoms with Gasteiger partial charge in [-0.15, -0.1) is 0 Å². The number of anilines is 1. The van der Waals surface area contributed by atoms with Crippen LogP contribution >= 0.6 is 0 Å². The van der Waals surface area contributed by atoms with E-state index >= 15 is 0 Å². The molecule has 1 saturated heterocycles. The van der Waals surface area contributed by atoms with Crippen LogP contribution in [0.25, 0.3) is 0 Å². The van der Waals surface area contributed by atoms with Crippen LogP contribution in [0.15, 0.2) is 18.2 Å². The zero-order chi connectivity index (χ0) is 13.6. The van der Waals surface area contributed by atoms with Crippen molar-refractivity contribution in [3.05, 3.63) is 23.8 Å². The van der Waals surface area contributed by atoms with Gasteiger partial charge in [0.15, 0.2) is 0 Å². The van der Waals surface area contributed by atoms with Crippen molar-refractivity contribution in [2.45, 2.75) is 18.1 Å². The lowest BCUT2D eigenvalue weighted by atomic mass is 9.90. The monoisotopic (exact) mass is 263 g/mol. The van der Waals surface area contributed by atoms with Gasteiger partial charge in [0.2, 0.25) is 0 Å². The van der Waals surface area contributed by atoms with E-state index in [1.807, 2.05) is 18.2 Å². The molecule has 6 heteroatoms. The molecular weight excluding hydrogens is 246 g/mol. The van der Waals surface area contributed by atoms with E-state index in [0.29, 0.717) is 13.0 Å². The quantitative estimate of drug-likeness (QED) is 0.792. The van der Waals surface area contributed by atoms with Gasteiger partial charge in [-0.1, -0.05) is 0 Å². The number of fused-ring (bicyclic) bond motifs is 3. The SMILES string of the molecule is COC(=O)N1CC[C@]2(N)c3cc(OC)ccc3N[C@H]12. The molecule has 2 heterocycles. The molecule has 3 N–H and O–H groups in total. The molecule has 0 aromatic heterocycles. The average Bonchev–Trinajstić information content (AvgIpc) is 2.90. The Balaban J connectivity index is 1.99. The summed E-state index contributed by atoms with van der Waals surface area (Å²) in [6, 6.07) is 5.73. The van der Waals surface area contributed by atoms with E-state index in [0.717, 1.165) is 17.0 Å². The summed E-state index contributed by atoms with van der Waals surface area (Å²) in [7, 11) is 3.00. The van der Waals surface area contributed by atoms with Gasteiger partial charge in [0.25, 0.3) is 0 Å². The first-order valence-electron chi connectivity index (χ1n) is 6.18. The average molecular weight is 263 g/mol. The Morgan fingerprint density at radius 2 is 2.32 bits per heavy atom. The Labute approximate surface area is 111 Å². The summed E-state index contributed by atoms with van der Waals surface area (Å²) in [5, 5.41) is 3.30. The van der Waals surface area contributed by atoms with Crippen LogP contribution in [0, 0.1) is 0 Å². The van der Waals surface area contributed by atoms with Crippen LogP contribution in [0.2, 0.25) is 0 Å². The number of hydrogen-bond donors (Lipinski definition) is 2. The maximum absolute atomic E-state index is 11.8. The van der Waals surface area contributed by atoms with Crippen molar-refractivity contribution in [3.63, 3.8) is 0 Å². The van der Waals surface area contributed by atoms with Gasteiger partial charge in [-0.2, -0.15) is 0 Å². The van der Waals surface area contributed by atoms with E-state index in [4.69, 9.17) is 15.2 Å². The van der Waals surface area contributed by atoms with Crippen molar-refractivity contribution in [2.24, 2.45) is 5.73 Å². The number of rotatable bonds is 1. The number of nitrogens with two attached hydrogens (primary N) is 1. The number of ether oxygens (including phenoxy) is 2. The fourth-order valence-corrected chi connectivity index (χ4v) is 2.96. The Morgan fingerprint density at radius 1 is 1.53 bits per heavy atom. The van der Waals surface area contributed by atoms with Gasteiger partial charge in [-0.3, -0.25) is 4.90 Å². The third kappa shape index (κ3) is 1.56. The number of nitrogens with zero attached hydrogens (tertiary/aromatic N) is 1. The first-order chi connectivity index (χ1) is 9.10. The molecule has 1 fully saturated rings. The van der Waals surface area contributed by atoms with E-state index in [2.05, 4.69) is 5.32 Å². The van der Waals surface area contributed by atoms with Crippen LogP contribution < -0.4 is 15.8 Å². The molecular formula is C13H17N3O3. The second-order valence-electron chi connectivity index (χ2n) is 4.91. The van der Waals surface area contributed by atoms with Crippen LogP contribution in [-0.4, -0.2) is 37.9 Å². The number of carbonyl (C=O) groups excluding carboxylic acids is 1. The highest BCUT2D eigenvalue weighted by atomic mass is 16.5. The lowest BCUT2D eigenvalue weighted by Crippen LogP contribution is -2.50. The van der Waals surface area contributed by atoms with Gasteiger partial charge in [-0.25, -0.2) is 4.79 Å². The minimum Gasteiger partial charge on any atom is -0.497 e. The van der Waals surface area contributed by atoms with Gasteiger partial charge in [-0.05, 0) is 24.6 Å². The second-order valence-corrected chi connectivity index (χ2v) is 4.91. The molecule has 1 amide bonds. The number of amides is 1. The maximum atomic E-state index is 11.8. The molecule has 0 spiro atoms. The number of nitrogens with one attached hydrogen (secondary N) is 1. The van der Waals surface area contributed by atoms with E-state index in [1.54, 1.807) is 12.0 Å². The van der Waals surface area contributed by atoms with E-state index in [9.17, 15) is 4.79 Å². The molecule has 2 aliphatic heterocycles. The number of carbonyl (C=O) groups is 1. The molecule has 0 unspecified atom stereocenters. The summed E-state index contributed by atoms with van der Waals surface area (Å²) in [6.45, 7) is 0.581. The lowest BCUT2D eigenvalue weighted by molar-refractivity contribution is 0.118. The normalized spacial score (nSPS) is 27.5. The van der Waals surface area contributed by atoms with Gasteiger partial charge < -0.3 is 20.5 Å². The minimum atomic E-state index is -0.585. The highest BCUT2D eigenvalue weighted by Crippen LogP contribution is 2.46. The van der Waals surface area contributed by atoms with Gasteiger partial charge in [0.1, 0.15) is 11.9 Å². The molecule has 102 valence electrons. The zero-order valence-corrected chi connectivity index (χ0v) is 11.0. The van der Waals surface area contributed by atoms with Crippen LogP contribution in [0.3, 0.4) is 0 Å². The smallest absolute Gasteiger partial charge is 0.411 e.